The third-order valence-electron chi connectivity index (χ3n) is 2.42. The Balaban J connectivity index is 2.49. The van der Waals surface area contributed by atoms with Gasteiger partial charge in [0, 0.05) is 18.0 Å². The number of fused-ring (bicyclic) bond motifs is 3. The lowest BCUT2D eigenvalue weighted by molar-refractivity contribution is 1.43. The summed E-state index contributed by atoms with van der Waals surface area (Å²) in [5.74, 6) is 0. The van der Waals surface area contributed by atoms with E-state index in [1.165, 1.54) is 10.9 Å². The van der Waals surface area contributed by atoms with Crippen molar-refractivity contribution in [2.45, 2.75) is 6.42 Å². The van der Waals surface area contributed by atoms with Gasteiger partial charge in [-0.25, -0.2) is 0 Å². The SMILES string of the molecule is [c]1cccc2ccc3c(c12)N=CC3. The Morgan fingerprint density at radius 2 is 2.23 bits per heavy atom. The van der Waals surface area contributed by atoms with Crippen LogP contribution in [0.3, 0.4) is 0 Å². The molecule has 1 radical (unpaired) electrons. The maximum Gasteiger partial charge on any atom is 0.0746 e. The van der Waals surface area contributed by atoms with E-state index in [9.17, 15) is 0 Å². The van der Waals surface area contributed by atoms with E-state index >= 15 is 0 Å². The quantitative estimate of drug-likeness (QED) is 0.570. The Kier molecular flexibility index (Phi) is 1.28. The molecule has 0 N–H and O–H groups in total. The van der Waals surface area contributed by atoms with Crippen LogP contribution in [-0.2, 0) is 6.42 Å². The topological polar surface area (TPSA) is 12.4 Å². The van der Waals surface area contributed by atoms with E-state index in [1.807, 2.05) is 18.3 Å². The summed E-state index contributed by atoms with van der Waals surface area (Å²) in [6, 6.07) is 13.6. The number of benzene rings is 2. The van der Waals surface area contributed by atoms with Crippen molar-refractivity contribution in [3.05, 3.63) is 42.0 Å². The fraction of sp³-hybridized carbons (Fsp3) is 0.0833. The molecule has 0 aromatic heterocycles. The minimum atomic E-state index is 0.966. The molecule has 1 aliphatic heterocycles. The molecule has 2 aromatic rings. The summed E-state index contributed by atoms with van der Waals surface area (Å²) >= 11 is 0. The number of rotatable bonds is 0. The second-order valence-corrected chi connectivity index (χ2v) is 3.22. The average molecular weight is 166 g/mol. The van der Waals surface area contributed by atoms with Crippen molar-refractivity contribution in [3.63, 3.8) is 0 Å². The zero-order chi connectivity index (χ0) is 8.67. The van der Waals surface area contributed by atoms with Gasteiger partial charge < -0.3 is 0 Å². The summed E-state index contributed by atoms with van der Waals surface area (Å²) in [5, 5.41) is 2.37. The highest BCUT2D eigenvalue weighted by Crippen LogP contribution is 2.32. The largest absolute Gasteiger partial charge is 0.260 e. The summed E-state index contributed by atoms with van der Waals surface area (Å²) in [5.41, 5.74) is 2.42. The lowest BCUT2D eigenvalue weighted by atomic mass is 10.0. The van der Waals surface area contributed by atoms with Crippen LogP contribution in [0.25, 0.3) is 10.8 Å². The molecule has 0 fully saturated rings. The Morgan fingerprint density at radius 3 is 3.23 bits per heavy atom. The van der Waals surface area contributed by atoms with E-state index in [-0.39, 0.29) is 0 Å². The molecule has 0 unspecified atom stereocenters. The monoisotopic (exact) mass is 166 g/mol. The molecule has 13 heavy (non-hydrogen) atoms. The molecule has 61 valence electrons. The van der Waals surface area contributed by atoms with E-state index in [0.717, 1.165) is 17.5 Å². The van der Waals surface area contributed by atoms with Gasteiger partial charge >= 0.3 is 0 Å². The Bertz CT molecular complexity index is 497. The third-order valence-corrected chi connectivity index (χ3v) is 2.42. The van der Waals surface area contributed by atoms with E-state index < -0.39 is 0 Å². The molecule has 1 heterocycles. The molecule has 3 rings (SSSR count). The van der Waals surface area contributed by atoms with Crippen LogP contribution < -0.4 is 0 Å². The van der Waals surface area contributed by atoms with Crippen molar-refractivity contribution < 1.29 is 0 Å². The molecule has 0 amide bonds. The van der Waals surface area contributed by atoms with Crippen LogP contribution in [0.1, 0.15) is 5.56 Å². The van der Waals surface area contributed by atoms with Crippen molar-refractivity contribution in [1.82, 2.24) is 0 Å². The number of hydrogen-bond donors (Lipinski definition) is 0. The molecule has 1 nitrogen and oxygen atoms in total. The number of aliphatic imine (C=N–C) groups is 1. The highest BCUT2D eigenvalue weighted by Gasteiger charge is 2.09. The Labute approximate surface area is 76.7 Å². The van der Waals surface area contributed by atoms with E-state index in [2.05, 4.69) is 29.3 Å². The highest BCUT2D eigenvalue weighted by molar-refractivity contribution is 5.97. The van der Waals surface area contributed by atoms with Gasteiger partial charge in [0.25, 0.3) is 0 Å². The minimum absolute atomic E-state index is 0.966. The first-order valence-corrected chi connectivity index (χ1v) is 4.40. The van der Waals surface area contributed by atoms with Gasteiger partial charge in [0.1, 0.15) is 0 Å². The van der Waals surface area contributed by atoms with Gasteiger partial charge in [0.15, 0.2) is 0 Å². The van der Waals surface area contributed by atoms with Crippen molar-refractivity contribution in [1.29, 1.82) is 0 Å². The standard InChI is InChI=1S/C12H8N/c1-2-4-11-9(3-1)5-6-10-7-8-13-12(10)11/h1-3,5-6,8H,7H2. The fourth-order valence-electron chi connectivity index (χ4n) is 1.77. The van der Waals surface area contributed by atoms with Crippen LogP contribution in [0.15, 0.2) is 35.3 Å². The lowest BCUT2D eigenvalue weighted by Gasteiger charge is -2.01. The molecule has 0 atom stereocenters. The molecule has 2 aromatic carbocycles. The van der Waals surface area contributed by atoms with E-state index in [0.29, 0.717) is 0 Å². The molecule has 1 heteroatoms. The molecule has 0 bridgehead atoms. The Hall–Kier alpha value is -1.63. The molecular formula is C12H8N. The summed E-state index contributed by atoms with van der Waals surface area (Å²) in [6.45, 7) is 0. The van der Waals surface area contributed by atoms with Crippen molar-refractivity contribution in [2.75, 3.05) is 0 Å². The molecule has 0 saturated heterocycles. The molecular weight excluding hydrogens is 158 g/mol. The smallest absolute Gasteiger partial charge is 0.0746 e. The van der Waals surface area contributed by atoms with Crippen LogP contribution >= 0.6 is 0 Å². The van der Waals surface area contributed by atoms with Gasteiger partial charge in [-0.1, -0.05) is 30.3 Å². The Morgan fingerprint density at radius 1 is 1.23 bits per heavy atom. The van der Waals surface area contributed by atoms with Gasteiger partial charge in [-0.05, 0) is 17.0 Å². The number of nitrogens with zero attached hydrogens (tertiary/aromatic N) is 1. The molecule has 1 aliphatic rings. The van der Waals surface area contributed by atoms with Crippen LogP contribution in [-0.4, -0.2) is 6.21 Å². The zero-order valence-electron chi connectivity index (χ0n) is 7.12. The van der Waals surface area contributed by atoms with Gasteiger partial charge in [-0.15, -0.1) is 0 Å². The maximum absolute atomic E-state index is 4.37. The molecule has 0 spiro atoms. The molecule has 0 aliphatic carbocycles. The second kappa shape index (κ2) is 2.43. The zero-order valence-corrected chi connectivity index (χ0v) is 7.12. The first-order chi connectivity index (χ1) is 6.45. The summed E-state index contributed by atoms with van der Waals surface area (Å²) in [4.78, 5) is 4.37. The highest BCUT2D eigenvalue weighted by atomic mass is 14.7. The van der Waals surface area contributed by atoms with Crippen LogP contribution in [0.4, 0.5) is 5.69 Å². The average Bonchev–Trinajstić information content (AvgIpc) is 2.65. The normalized spacial score (nSPS) is 13.5. The van der Waals surface area contributed by atoms with Crippen molar-refractivity contribution in [3.8, 4) is 0 Å². The summed E-state index contributed by atoms with van der Waals surface area (Å²) < 4.78 is 0. The van der Waals surface area contributed by atoms with Crippen molar-refractivity contribution >= 4 is 22.7 Å². The first-order valence-electron chi connectivity index (χ1n) is 4.40. The fourth-order valence-corrected chi connectivity index (χ4v) is 1.77. The predicted molar refractivity (Wildman–Crippen MR) is 54.6 cm³/mol. The lowest BCUT2D eigenvalue weighted by Crippen LogP contribution is -1.79. The number of hydrogen-bond acceptors (Lipinski definition) is 1. The summed E-state index contributed by atoms with van der Waals surface area (Å²) in [6.07, 6.45) is 2.93. The van der Waals surface area contributed by atoms with Crippen LogP contribution in [0.5, 0.6) is 0 Å². The predicted octanol–water partition coefficient (Wildman–Crippen LogP) is 2.90. The third kappa shape index (κ3) is 0.903. The molecule has 0 saturated carbocycles. The summed E-state index contributed by atoms with van der Waals surface area (Å²) in [7, 11) is 0. The van der Waals surface area contributed by atoms with Crippen molar-refractivity contribution in [2.24, 2.45) is 4.99 Å². The van der Waals surface area contributed by atoms with E-state index in [4.69, 9.17) is 0 Å². The maximum atomic E-state index is 4.37. The van der Waals surface area contributed by atoms with Gasteiger partial charge in [0.2, 0.25) is 0 Å². The van der Waals surface area contributed by atoms with Gasteiger partial charge in [-0.3, -0.25) is 4.99 Å². The van der Waals surface area contributed by atoms with Crippen LogP contribution in [0, 0.1) is 6.07 Å². The minimum Gasteiger partial charge on any atom is -0.260 e. The van der Waals surface area contributed by atoms with Crippen LogP contribution in [0.2, 0.25) is 0 Å². The van der Waals surface area contributed by atoms with E-state index in [1.54, 1.807) is 0 Å². The second-order valence-electron chi connectivity index (χ2n) is 3.22. The van der Waals surface area contributed by atoms with Gasteiger partial charge in [-0.2, -0.15) is 0 Å². The van der Waals surface area contributed by atoms with Gasteiger partial charge in [0.05, 0.1) is 5.69 Å². The first kappa shape index (κ1) is 6.84.